The minimum absolute atomic E-state index is 0.135. The first kappa shape index (κ1) is 13.5. The summed E-state index contributed by atoms with van der Waals surface area (Å²) in [5.41, 5.74) is 6.67. The van der Waals surface area contributed by atoms with E-state index >= 15 is 0 Å². The fourth-order valence-corrected chi connectivity index (χ4v) is 2.75. The average Bonchev–Trinajstić information content (AvgIpc) is 3.11. The van der Waals surface area contributed by atoms with Crippen LogP contribution in [0.25, 0.3) is 0 Å². The number of benzene rings is 1. The minimum Gasteiger partial charge on any atom is -0.481 e. The van der Waals surface area contributed by atoms with E-state index in [1.165, 1.54) is 0 Å². The monoisotopic (exact) mass is 263 g/mol. The van der Waals surface area contributed by atoms with Crippen molar-refractivity contribution in [3.63, 3.8) is 0 Å². The quantitative estimate of drug-likeness (QED) is 0.710. The number of hydrogen-bond donors (Lipinski definition) is 3. The van der Waals surface area contributed by atoms with E-state index in [-0.39, 0.29) is 5.92 Å². The molecule has 19 heavy (non-hydrogen) atoms. The van der Waals surface area contributed by atoms with Crippen LogP contribution in [0, 0.1) is 17.8 Å². The lowest BCUT2D eigenvalue weighted by atomic mass is 10.0. The van der Waals surface area contributed by atoms with Crippen LogP contribution in [-0.4, -0.2) is 28.2 Å². The zero-order valence-corrected chi connectivity index (χ0v) is 10.4. The van der Waals surface area contributed by atoms with Crippen LogP contribution in [0.15, 0.2) is 30.3 Å². The van der Waals surface area contributed by atoms with E-state index in [0.29, 0.717) is 6.42 Å². The summed E-state index contributed by atoms with van der Waals surface area (Å²) < 4.78 is 0. The molecule has 1 aromatic rings. The van der Waals surface area contributed by atoms with Crippen LogP contribution in [-0.2, 0) is 16.0 Å². The average molecular weight is 263 g/mol. The molecule has 4 atom stereocenters. The highest BCUT2D eigenvalue weighted by Gasteiger charge is 2.58. The summed E-state index contributed by atoms with van der Waals surface area (Å²) in [6.07, 6.45) is 1.41. The standard InChI is InChI=1S/C14H17NO4/c15-12(14(18)19)10-9(11(10)13(16)17)7-6-8-4-2-1-3-5-8/h1-5,9-12H,6-7,15H2,(H,16,17)(H,18,19)/t9-,10+,11+,12-/m1/s1. The summed E-state index contributed by atoms with van der Waals surface area (Å²) in [4.78, 5) is 21.9. The highest BCUT2D eigenvalue weighted by Crippen LogP contribution is 2.51. The predicted molar refractivity (Wildman–Crippen MR) is 68.5 cm³/mol. The SMILES string of the molecule is N[C@@H](C(=O)O)[C@H]1[C@@H](CCc2ccccc2)[C@@H]1C(=O)O. The molecule has 0 aliphatic heterocycles. The molecule has 102 valence electrons. The zero-order valence-electron chi connectivity index (χ0n) is 10.4. The second kappa shape index (κ2) is 5.40. The molecular formula is C14H17NO4. The van der Waals surface area contributed by atoms with Gasteiger partial charge in [0.15, 0.2) is 0 Å². The normalized spacial score (nSPS) is 26.7. The van der Waals surface area contributed by atoms with E-state index in [1.807, 2.05) is 30.3 Å². The number of aryl methyl sites for hydroxylation is 1. The number of carboxylic acid groups (broad SMARTS) is 2. The molecule has 0 spiro atoms. The third kappa shape index (κ3) is 2.93. The Morgan fingerprint density at radius 3 is 2.37 bits per heavy atom. The van der Waals surface area contributed by atoms with Gasteiger partial charge in [0.05, 0.1) is 5.92 Å². The molecule has 5 heteroatoms. The summed E-state index contributed by atoms with van der Waals surface area (Å²) in [5, 5.41) is 18.0. The predicted octanol–water partition coefficient (Wildman–Crippen LogP) is 0.978. The summed E-state index contributed by atoms with van der Waals surface area (Å²) in [6, 6.07) is 8.65. The van der Waals surface area contributed by atoms with Crippen LogP contribution in [0.5, 0.6) is 0 Å². The van der Waals surface area contributed by atoms with Gasteiger partial charge in [-0.15, -0.1) is 0 Å². The Hall–Kier alpha value is -1.88. The molecule has 4 N–H and O–H groups in total. The maximum Gasteiger partial charge on any atom is 0.320 e. The van der Waals surface area contributed by atoms with Crippen molar-refractivity contribution in [2.45, 2.75) is 18.9 Å². The molecule has 0 radical (unpaired) electrons. The second-order valence-electron chi connectivity index (χ2n) is 4.99. The van der Waals surface area contributed by atoms with E-state index < -0.39 is 29.8 Å². The number of hydrogen-bond acceptors (Lipinski definition) is 3. The van der Waals surface area contributed by atoms with Crippen LogP contribution in [0.2, 0.25) is 0 Å². The van der Waals surface area contributed by atoms with E-state index in [9.17, 15) is 9.59 Å². The molecule has 1 saturated carbocycles. The van der Waals surface area contributed by atoms with E-state index in [2.05, 4.69) is 0 Å². The molecule has 5 nitrogen and oxygen atoms in total. The second-order valence-corrected chi connectivity index (χ2v) is 4.99. The number of aliphatic carboxylic acids is 2. The van der Waals surface area contributed by atoms with E-state index in [0.717, 1.165) is 12.0 Å². The van der Waals surface area contributed by atoms with Crippen molar-refractivity contribution in [2.24, 2.45) is 23.5 Å². The first-order chi connectivity index (χ1) is 9.02. The van der Waals surface area contributed by atoms with Crippen LogP contribution in [0.4, 0.5) is 0 Å². The van der Waals surface area contributed by atoms with Crippen LogP contribution in [0.1, 0.15) is 12.0 Å². The Kier molecular flexibility index (Phi) is 3.85. The Morgan fingerprint density at radius 2 is 1.84 bits per heavy atom. The fraction of sp³-hybridized carbons (Fsp3) is 0.429. The molecule has 1 aliphatic carbocycles. The minimum atomic E-state index is -1.13. The van der Waals surface area contributed by atoms with Gasteiger partial charge < -0.3 is 15.9 Å². The van der Waals surface area contributed by atoms with E-state index in [1.54, 1.807) is 0 Å². The molecule has 0 amide bonds. The number of carbonyl (C=O) groups is 2. The van der Waals surface area contributed by atoms with Gasteiger partial charge in [0.25, 0.3) is 0 Å². The van der Waals surface area contributed by atoms with Crippen molar-refractivity contribution >= 4 is 11.9 Å². The Bertz CT molecular complexity index is 474. The van der Waals surface area contributed by atoms with Gasteiger partial charge in [0.2, 0.25) is 0 Å². The molecule has 0 bridgehead atoms. The topological polar surface area (TPSA) is 101 Å². The molecule has 2 rings (SSSR count). The first-order valence-corrected chi connectivity index (χ1v) is 6.27. The maximum atomic E-state index is 11.1. The lowest BCUT2D eigenvalue weighted by Crippen LogP contribution is -2.34. The number of rotatable bonds is 6. The van der Waals surface area contributed by atoms with Gasteiger partial charge >= 0.3 is 11.9 Å². The van der Waals surface area contributed by atoms with E-state index in [4.69, 9.17) is 15.9 Å². The summed E-state index contributed by atoms with van der Waals surface area (Å²) in [7, 11) is 0. The highest BCUT2D eigenvalue weighted by molar-refractivity contribution is 5.80. The Morgan fingerprint density at radius 1 is 1.21 bits per heavy atom. The highest BCUT2D eigenvalue weighted by atomic mass is 16.4. The Labute approximate surface area is 111 Å². The molecular weight excluding hydrogens is 246 g/mol. The van der Waals surface area contributed by atoms with Gasteiger partial charge in [-0.1, -0.05) is 30.3 Å². The third-order valence-corrected chi connectivity index (χ3v) is 3.82. The van der Waals surface area contributed by atoms with Crippen molar-refractivity contribution in [1.82, 2.24) is 0 Å². The lowest BCUT2D eigenvalue weighted by molar-refractivity contribution is -0.140. The van der Waals surface area contributed by atoms with Crippen molar-refractivity contribution in [1.29, 1.82) is 0 Å². The molecule has 1 fully saturated rings. The molecule has 1 aliphatic rings. The number of nitrogens with two attached hydrogens (primary N) is 1. The molecule has 0 unspecified atom stereocenters. The summed E-state index contributed by atoms with van der Waals surface area (Å²) >= 11 is 0. The summed E-state index contributed by atoms with van der Waals surface area (Å²) in [6.45, 7) is 0. The largest absolute Gasteiger partial charge is 0.481 e. The van der Waals surface area contributed by atoms with Crippen LogP contribution >= 0.6 is 0 Å². The van der Waals surface area contributed by atoms with Crippen LogP contribution < -0.4 is 5.73 Å². The van der Waals surface area contributed by atoms with Gasteiger partial charge in [0, 0.05) is 5.92 Å². The van der Waals surface area contributed by atoms with Gasteiger partial charge in [-0.3, -0.25) is 9.59 Å². The maximum absolute atomic E-state index is 11.1. The van der Waals surface area contributed by atoms with Crippen molar-refractivity contribution in [2.75, 3.05) is 0 Å². The molecule has 0 heterocycles. The number of carboxylic acids is 2. The fourth-order valence-electron chi connectivity index (χ4n) is 2.75. The van der Waals surface area contributed by atoms with Crippen molar-refractivity contribution < 1.29 is 19.8 Å². The first-order valence-electron chi connectivity index (χ1n) is 6.27. The van der Waals surface area contributed by atoms with Crippen LogP contribution in [0.3, 0.4) is 0 Å². The lowest BCUT2D eigenvalue weighted by Gasteiger charge is -2.05. The third-order valence-electron chi connectivity index (χ3n) is 3.82. The summed E-state index contributed by atoms with van der Waals surface area (Å²) in [5.74, 6) is -3.27. The van der Waals surface area contributed by atoms with Gasteiger partial charge in [-0.2, -0.15) is 0 Å². The molecule has 0 saturated heterocycles. The molecule has 0 aromatic heterocycles. The molecule has 1 aromatic carbocycles. The van der Waals surface area contributed by atoms with Gasteiger partial charge in [-0.25, -0.2) is 0 Å². The van der Waals surface area contributed by atoms with Crippen molar-refractivity contribution in [3.05, 3.63) is 35.9 Å². The smallest absolute Gasteiger partial charge is 0.320 e. The van der Waals surface area contributed by atoms with Gasteiger partial charge in [-0.05, 0) is 24.3 Å². The van der Waals surface area contributed by atoms with Gasteiger partial charge in [0.1, 0.15) is 6.04 Å². The Balaban J connectivity index is 1.96. The zero-order chi connectivity index (χ0) is 14.0. The van der Waals surface area contributed by atoms with Crippen molar-refractivity contribution in [3.8, 4) is 0 Å².